The van der Waals surface area contributed by atoms with Crippen LogP contribution in [0.25, 0.3) is 0 Å². The molecule has 1 N–H and O–H groups in total. The molecule has 1 rings (SSSR count). The summed E-state index contributed by atoms with van der Waals surface area (Å²) in [4.78, 5) is 6.09. The molecule has 3 heteroatoms. The first kappa shape index (κ1) is 11.7. The smallest absolute Gasteiger partial charge is 0.0928 e. The number of aryl methyl sites for hydroxylation is 2. The Kier molecular flexibility index (Phi) is 5.12. The molecule has 14 heavy (non-hydrogen) atoms. The van der Waals surface area contributed by atoms with E-state index in [0.717, 1.165) is 25.9 Å². The van der Waals surface area contributed by atoms with Gasteiger partial charge in [-0.25, -0.2) is 4.98 Å². The second-order valence-electron chi connectivity index (χ2n) is 3.36. The lowest BCUT2D eigenvalue weighted by atomic mass is 10.2. The molecule has 1 aromatic heterocycles. The van der Waals surface area contributed by atoms with E-state index in [9.17, 15) is 0 Å². The Morgan fingerprint density at radius 2 is 2.07 bits per heavy atom. The monoisotopic (exact) mass is 212 g/mol. The summed E-state index contributed by atoms with van der Waals surface area (Å²) in [5.41, 5.74) is 1.32. The van der Waals surface area contributed by atoms with Gasteiger partial charge in [0.1, 0.15) is 0 Å². The Labute approximate surface area is 90.8 Å². The van der Waals surface area contributed by atoms with Gasteiger partial charge in [-0.3, -0.25) is 0 Å². The molecule has 0 unspecified atom stereocenters. The van der Waals surface area contributed by atoms with E-state index >= 15 is 0 Å². The van der Waals surface area contributed by atoms with Gasteiger partial charge in [-0.05, 0) is 19.4 Å². The zero-order chi connectivity index (χ0) is 10.4. The van der Waals surface area contributed by atoms with Crippen LogP contribution in [0.15, 0.2) is 0 Å². The lowest BCUT2D eigenvalue weighted by Gasteiger charge is -2.00. The number of hydrogen-bond acceptors (Lipinski definition) is 3. The number of thiazole rings is 1. The highest BCUT2D eigenvalue weighted by molar-refractivity contribution is 7.11. The summed E-state index contributed by atoms with van der Waals surface area (Å²) >= 11 is 1.87. The van der Waals surface area contributed by atoms with E-state index in [1.807, 2.05) is 11.3 Å². The Hall–Kier alpha value is -0.410. The molecule has 0 fully saturated rings. The topological polar surface area (TPSA) is 24.9 Å². The molecule has 0 aliphatic rings. The Bertz CT molecular complexity index is 268. The molecule has 0 saturated carbocycles. The first-order valence-electron chi connectivity index (χ1n) is 5.49. The summed E-state index contributed by atoms with van der Waals surface area (Å²) in [6.45, 7) is 8.54. The van der Waals surface area contributed by atoms with Crippen LogP contribution in [0, 0.1) is 0 Å². The summed E-state index contributed by atoms with van der Waals surface area (Å²) in [7, 11) is 0. The zero-order valence-electron chi connectivity index (χ0n) is 9.39. The summed E-state index contributed by atoms with van der Waals surface area (Å²) in [6.07, 6.45) is 3.37. The molecule has 80 valence electrons. The number of rotatable bonds is 6. The van der Waals surface area contributed by atoms with Gasteiger partial charge in [0, 0.05) is 11.4 Å². The third-order valence-corrected chi connectivity index (χ3v) is 3.39. The van der Waals surface area contributed by atoms with Crippen molar-refractivity contribution in [2.24, 2.45) is 0 Å². The molecule has 1 heterocycles. The highest BCUT2D eigenvalue weighted by Crippen LogP contribution is 2.20. The van der Waals surface area contributed by atoms with E-state index in [2.05, 4.69) is 31.1 Å². The molecular formula is C11H20N2S. The summed E-state index contributed by atoms with van der Waals surface area (Å²) in [6, 6.07) is 0. The number of nitrogens with zero attached hydrogens (tertiary/aromatic N) is 1. The maximum Gasteiger partial charge on any atom is 0.0928 e. The van der Waals surface area contributed by atoms with E-state index in [4.69, 9.17) is 0 Å². The zero-order valence-corrected chi connectivity index (χ0v) is 10.2. The van der Waals surface area contributed by atoms with Crippen molar-refractivity contribution in [2.45, 2.75) is 46.6 Å². The highest BCUT2D eigenvalue weighted by Gasteiger charge is 2.08. The van der Waals surface area contributed by atoms with E-state index in [0.29, 0.717) is 0 Å². The predicted molar refractivity (Wildman–Crippen MR) is 62.9 cm³/mol. The van der Waals surface area contributed by atoms with Crippen LogP contribution >= 0.6 is 11.3 Å². The van der Waals surface area contributed by atoms with Crippen LogP contribution in [-0.2, 0) is 19.4 Å². The molecule has 0 aromatic carbocycles. The highest BCUT2D eigenvalue weighted by atomic mass is 32.1. The van der Waals surface area contributed by atoms with Crippen molar-refractivity contribution in [3.05, 3.63) is 15.6 Å². The SMILES string of the molecule is CCCc1nc(CC)sc1CNCC. The fraction of sp³-hybridized carbons (Fsp3) is 0.727. The lowest BCUT2D eigenvalue weighted by molar-refractivity contribution is 0.722. The molecule has 0 spiro atoms. The number of aromatic nitrogens is 1. The molecule has 0 bridgehead atoms. The van der Waals surface area contributed by atoms with Crippen molar-refractivity contribution in [2.75, 3.05) is 6.54 Å². The van der Waals surface area contributed by atoms with E-state index < -0.39 is 0 Å². The Balaban J connectivity index is 2.71. The molecule has 0 aliphatic heterocycles. The fourth-order valence-corrected chi connectivity index (χ4v) is 2.42. The lowest BCUT2D eigenvalue weighted by Crippen LogP contribution is -2.11. The van der Waals surface area contributed by atoms with E-state index in [1.54, 1.807) is 0 Å². The number of nitrogens with one attached hydrogen (secondary N) is 1. The minimum absolute atomic E-state index is 0.990. The molecule has 0 saturated heterocycles. The minimum Gasteiger partial charge on any atom is -0.312 e. The second kappa shape index (κ2) is 6.14. The molecule has 0 radical (unpaired) electrons. The summed E-state index contributed by atoms with van der Waals surface area (Å²) in [5, 5.41) is 4.65. The number of hydrogen-bond donors (Lipinski definition) is 1. The minimum atomic E-state index is 0.990. The van der Waals surface area contributed by atoms with Crippen LogP contribution in [0.3, 0.4) is 0 Å². The maximum atomic E-state index is 4.65. The van der Waals surface area contributed by atoms with Crippen LogP contribution in [0.5, 0.6) is 0 Å². The van der Waals surface area contributed by atoms with Crippen molar-refractivity contribution in [1.82, 2.24) is 10.3 Å². The average molecular weight is 212 g/mol. The molecule has 0 atom stereocenters. The van der Waals surface area contributed by atoms with Gasteiger partial charge in [0.05, 0.1) is 10.7 Å². The van der Waals surface area contributed by atoms with Gasteiger partial charge in [-0.2, -0.15) is 0 Å². The van der Waals surface area contributed by atoms with Gasteiger partial charge in [0.2, 0.25) is 0 Å². The van der Waals surface area contributed by atoms with Crippen molar-refractivity contribution < 1.29 is 0 Å². The van der Waals surface area contributed by atoms with Crippen LogP contribution < -0.4 is 5.32 Å². The van der Waals surface area contributed by atoms with Crippen LogP contribution in [0.4, 0.5) is 0 Å². The second-order valence-corrected chi connectivity index (χ2v) is 4.53. The van der Waals surface area contributed by atoms with Crippen LogP contribution in [0.2, 0.25) is 0 Å². The maximum absolute atomic E-state index is 4.65. The molecule has 1 aromatic rings. The molecule has 0 amide bonds. The van der Waals surface area contributed by atoms with Gasteiger partial charge in [-0.1, -0.05) is 27.2 Å². The van der Waals surface area contributed by atoms with Crippen molar-refractivity contribution in [3.8, 4) is 0 Å². The van der Waals surface area contributed by atoms with Gasteiger partial charge >= 0.3 is 0 Å². The van der Waals surface area contributed by atoms with Gasteiger partial charge in [0.15, 0.2) is 0 Å². The standard InChI is InChI=1S/C11H20N2S/c1-4-7-9-10(8-12-6-3)14-11(5-2)13-9/h12H,4-8H2,1-3H3. The third kappa shape index (κ3) is 3.07. The third-order valence-electron chi connectivity index (χ3n) is 2.15. The van der Waals surface area contributed by atoms with Gasteiger partial charge in [-0.15, -0.1) is 11.3 Å². The first-order valence-corrected chi connectivity index (χ1v) is 6.31. The van der Waals surface area contributed by atoms with Gasteiger partial charge < -0.3 is 5.32 Å². The van der Waals surface area contributed by atoms with Crippen molar-refractivity contribution in [1.29, 1.82) is 0 Å². The molecular weight excluding hydrogens is 192 g/mol. The predicted octanol–water partition coefficient (Wildman–Crippen LogP) is 2.77. The van der Waals surface area contributed by atoms with Crippen molar-refractivity contribution >= 4 is 11.3 Å². The average Bonchev–Trinajstić information content (AvgIpc) is 2.58. The summed E-state index contributed by atoms with van der Waals surface area (Å²) in [5.74, 6) is 0. The molecule has 2 nitrogen and oxygen atoms in total. The first-order chi connectivity index (χ1) is 6.81. The van der Waals surface area contributed by atoms with Crippen LogP contribution in [-0.4, -0.2) is 11.5 Å². The normalized spacial score (nSPS) is 10.8. The Morgan fingerprint density at radius 1 is 1.29 bits per heavy atom. The Morgan fingerprint density at radius 3 is 2.64 bits per heavy atom. The molecule has 0 aliphatic carbocycles. The summed E-state index contributed by atoms with van der Waals surface area (Å²) < 4.78 is 0. The van der Waals surface area contributed by atoms with E-state index in [-0.39, 0.29) is 0 Å². The quantitative estimate of drug-likeness (QED) is 0.784. The van der Waals surface area contributed by atoms with Gasteiger partial charge in [0.25, 0.3) is 0 Å². The largest absolute Gasteiger partial charge is 0.312 e. The van der Waals surface area contributed by atoms with Crippen LogP contribution in [0.1, 0.15) is 42.8 Å². The fourth-order valence-electron chi connectivity index (χ4n) is 1.40. The van der Waals surface area contributed by atoms with Crippen molar-refractivity contribution in [3.63, 3.8) is 0 Å². The van der Waals surface area contributed by atoms with E-state index in [1.165, 1.54) is 22.0 Å².